The Balaban J connectivity index is 0.000000980. The van der Waals surface area contributed by atoms with E-state index >= 15 is 0 Å². The number of fused-ring (bicyclic) bond motifs is 1. The van der Waals surface area contributed by atoms with E-state index in [4.69, 9.17) is 0 Å². The minimum absolute atomic E-state index is 0. The van der Waals surface area contributed by atoms with E-state index < -0.39 is 8.80 Å². The molecule has 0 heterocycles. The van der Waals surface area contributed by atoms with Crippen molar-refractivity contribution in [2.75, 3.05) is 0 Å². The summed E-state index contributed by atoms with van der Waals surface area (Å²) in [6.07, 6.45) is 4.71. The molecule has 0 amide bonds. The van der Waals surface area contributed by atoms with Gasteiger partial charge in [-0.25, -0.2) is 0 Å². The van der Waals surface area contributed by atoms with Crippen molar-refractivity contribution in [2.24, 2.45) is 0 Å². The van der Waals surface area contributed by atoms with E-state index in [1.807, 2.05) is 0 Å². The summed E-state index contributed by atoms with van der Waals surface area (Å²) in [7, 11) is -0.567. The van der Waals surface area contributed by atoms with Crippen LogP contribution in [0.15, 0.2) is 24.3 Å². The zero-order valence-corrected chi connectivity index (χ0v) is 9.70. The number of hydrogen-bond acceptors (Lipinski definition) is 0. The fraction of sp³-hybridized carbons (Fsp3) is 0.333. The second-order valence-corrected chi connectivity index (χ2v) is 7.41. The number of aryl methyl sites for hydroxylation is 1. The number of allylic oxidation sites excluding steroid dienone is 1. The fourth-order valence-electron chi connectivity index (χ4n) is 2.11. The van der Waals surface area contributed by atoms with Crippen LogP contribution in [0.3, 0.4) is 0 Å². The summed E-state index contributed by atoms with van der Waals surface area (Å²) >= 11 is 0. The zero-order chi connectivity index (χ0) is 9.42. The first-order valence-electron chi connectivity index (χ1n) is 4.98. The predicted octanol–water partition coefficient (Wildman–Crippen LogP) is 2.48. The predicted molar refractivity (Wildman–Crippen MR) is 69.0 cm³/mol. The van der Waals surface area contributed by atoms with Crippen LogP contribution in [0.5, 0.6) is 0 Å². The quantitative estimate of drug-likeness (QED) is 0.627. The minimum atomic E-state index is -0.567. The second-order valence-electron chi connectivity index (χ2n) is 4.21. The Morgan fingerprint density at radius 3 is 2.57 bits per heavy atom. The molecular formula is C12H17NaSi. The van der Waals surface area contributed by atoms with Crippen LogP contribution in [-0.2, 0) is 0 Å². The average molecular weight is 212 g/mol. The first kappa shape index (κ1) is 12.2. The first-order chi connectivity index (χ1) is 6.20. The van der Waals surface area contributed by atoms with E-state index in [0.717, 1.165) is 5.54 Å². The van der Waals surface area contributed by atoms with E-state index in [1.165, 1.54) is 11.1 Å². The summed E-state index contributed by atoms with van der Waals surface area (Å²) in [4.78, 5) is 0. The summed E-state index contributed by atoms with van der Waals surface area (Å²) in [5.41, 5.74) is 5.25. The van der Waals surface area contributed by atoms with Crippen LogP contribution in [0.4, 0.5) is 0 Å². The molecule has 14 heavy (non-hydrogen) atoms. The van der Waals surface area contributed by atoms with Crippen molar-refractivity contribution in [3.05, 3.63) is 41.0 Å². The molecule has 0 fully saturated rings. The SMILES string of the molecule is Cc1cccc2c1C=CC2[SiH](C)C.[NaH]. The molecule has 70 valence electrons. The zero-order valence-electron chi connectivity index (χ0n) is 8.54. The van der Waals surface area contributed by atoms with Gasteiger partial charge in [0.15, 0.2) is 0 Å². The summed E-state index contributed by atoms with van der Waals surface area (Å²) in [6.45, 7) is 7.05. The Kier molecular flexibility index (Phi) is 4.20. The van der Waals surface area contributed by atoms with Gasteiger partial charge in [0.05, 0.1) is 0 Å². The third kappa shape index (κ3) is 2.06. The molecule has 1 aromatic rings. The van der Waals surface area contributed by atoms with Crippen LogP contribution in [0.25, 0.3) is 6.08 Å². The van der Waals surface area contributed by atoms with Crippen molar-refractivity contribution in [1.29, 1.82) is 0 Å². The van der Waals surface area contributed by atoms with Crippen molar-refractivity contribution in [2.45, 2.75) is 25.6 Å². The number of hydrogen-bond donors (Lipinski definition) is 0. The fourth-order valence-corrected chi connectivity index (χ4v) is 3.67. The van der Waals surface area contributed by atoms with Crippen LogP contribution in [-0.4, -0.2) is 38.4 Å². The Morgan fingerprint density at radius 2 is 1.93 bits per heavy atom. The van der Waals surface area contributed by atoms with Crippen LogP contribution in [0.2, 0.25) is 13.1 Å². The molecule has 0 saturated carbocycles. The van der Waals surface area contributed by atoms with Gasteiger partial charge in [0.1, 0.15) is 0 Å². The molecule has 0 aromatic heterocycles. The molecule has 0 bridgehead atoms. The summed E-state index contributed by atoms with van der Waals surface area (Å²) in [5.74, 6) is 0. The monoisotopic (exact) mass is 212 g/mol. The summed E-state index contributed by atoms with van der Waals surface area (Å²) in [6, 6.07) is 6.68. The van der Waals surface area contributed by atoms with Crippen molar-refractivity contribution < 1.29 is 0 Å². The molecule has 1 atom stereocenters. The van der Waals surface area contributed by atoms with Gasteiger partial charge in [-0.3, -0.25) is 0 Å². The topological polar surface area (TPSA) is 0 Å². The molecule has 0 radical (unpaired) electrons. The van der Waals surface area contributed by atoms with E-state index in [9.17, 15) is 0 Å². The maximum atomic E-state index is 2.42. The third-order valence-electron chi connectivity index (χ3n) is 2.91. The van der Waals surface area contributed by atoms with Crippen molar-refractivity contribution in [3.8, 4) is 0 Å². The molecule has 0 saturated heterocycles. The van der Waals surface area contributed by atoms with Crippen LogP contribution in [0.1, 0.15) is 22.2 Å². The molecule has 0 N–H and O–H groups in total. The van der Waals surface area contributed by atoms with Crippen LogP contribution < -0.4 is 0 Å². The molecule has 1 unspecified atom stereocenters. The second kappa shape index (κ2) is 4.80. The molecule has 2 rings (SSSR count). The molecule has 0 spiro atoms. The van der Waals surface area contributed by atoms with Gasteiger partial charge >= 0.3 is 29.6 Å². The molecular weight excluding hydrogens is 195 g/mol. The number of benzene rings is 1. The van der Waals surface area contributed by atoms with Crippen molar-refractivity contribution >= 4 is 44.4 Å². The Morgan fingerprint density at radius 1 is 1.21 bits per heavy atom. The van der Waals surface area contributed by atoms with E-state index in [2.05, 4.69) is 50.4 Å². The van der Waals surface area contributed by atoms with Crippen molar-refractivity contribution in [1.82, 2.24) is 0 Å². The van der Waals surface area contributed by atoms with Gasteiger partial charge in [0, 0.05) is 8.80 Å². The van der Waals surface area contributed by atoms with Crippen LogP contribution in [0, 0.1) is 6.92 Å². The van der Waals surface area contributed by atoms with Gasteiger partial charge in [-0.15, -0.1) is 0 Å². The van der Waals surface area contributed by atoms with E-state index in [0.29, 0.717) is 0 Å². The third-order valence-corrected chi connectivity index (χ3v) is 4.92. The molecule has 1 aliphatic carbocycles. The normalized spacial score (nSPS) is 18.1. The molecule has 1 aromatic carbocycles. The summed E-state index contributed by atoms with van der Waals surface area (Å²) in [5, 5.41) is 0. The molecule has 1 aliphatic rings. The molecule has 2 heteroatoms. The van der Waals surface area contributed by atoms with Gasteiger partial charge in [-0.2, -0.15) is 0 Å². The van der Waals surface area contributed by atoms with E-state index in [1.54, 1.807) is 5.56 Å². The summed E-state index contributed by atoms with van der Waals surface area (Å²) < 4.78 is 0. The Labute approximate surface area is 110 Å². The van der Waals surface area contributed by atoms with Crippen LogP contribution >= 0.6 is 0 Å². The van der Waals surface area contributed by atoms with Gasteiger partial charge in [-0.05, 0) is 29.2 Å². The molecule has 0 aliphatic heterocycles. The molecule has 0 nitrogen and oxygen atoms in total. The maximum absolute atomic E-state index is 2.42. The average Bonchev–Trinajstić information content (AvgIpc) is 2.48. The van der Waals surface area contributed by atoms with Gasteiger partial charge in [0.25, 0.3) is 0 Å². The standard InChI is InChI=1S/C12H16Si.Na.H/c1-9-5-4-6-11-10(9)7-8-12(11)13(2)3;;/h4-8,12-13H,1-3H3;;. The van der Waals surface area contributed by atoms with Gasteiger partial charge in [0.2, 0.25) is 0 Å². The number of rotatable bonds is 1. The van der Waals surface area contributed by atoms with Crippen molar-refractivity contribution in [3.63, 3.8) is 0 Å². The Hall–Kier alpha value is 0.177. The van der Waals surface area contributed by atoms with Gasteiger partial charge in [-0.1, -0.05) is 43.4 Å². The Bertz CT molecular complexity index is 355. The first-order valence-corrected chi connectivity index (χ1v) is 7.95. The van der Waals surface area contributed by atoms with Gasteiger partial charge < -0.3 is 0 Å². The van der Waals surface area contributed by atoms with E-state index in [-0.39, 0.29) is 29.6 Å².